The van der Waals surface area contributed by atoms with E-state index in [1.807, 2.05) is 82.2 Å². The fourth-order valence-corrected chi connectivity index (χ4v) is 7.99. The number of hydrogen-bond acceptors (Lipinski definition) is 8. The highest BCUT2D eigenvalue weighted by molar-refractivity contribution is 6.35. The first-order valence-electron chi connectivity index (χ1n) is 19.4. The number of aliphatic hydroxyl groups is 1. The molecule has 0 spiro atoms. The minimum Gasteiger partial charge on any atom is -0.510 e. The number of carbonyl (C=O) groups is 5. The number of esters is 2. The average Bonchev–Trinajstić information content (AvgIpc) is 3.07. The Balaban J connectivity index is 2.43. The van der Waals surface area contributed by atoms with Crippen molar-refractivity contribution in [3.05, 3.63) is 82.2 Å². The molecule has 0 amide bonds. The predicted octanol–water partition coefficient (Wildman–Crippen LogP) is 10.9. The summed E-state index contributed by atoms with van der Waals surface area (Å²) in [5.41, 5.74) is -0.705. The molecule has 0 aromatic heterocycles. The molecule has 0 radical (unpaired) electrons. The highest BCUT2D eigenvalue weighted by Crippen LogP contribution is 2.67. The lowest BCUT2D eigenvalue weighted by molar-refractivity contribution is -0.172. The second-order valence-corrected chi connectivity index (χ2v) is 16.7. The number of hydrogen-bond donors (Lipinski definition) is 1. The minimum atomic E-state index is -1.68. The Morgan fingerprint density at radius 2 is 1.43 bits per heavy atom. The summed E-state index contributed by atoms with van der Waals surface area (Å²) < 4.78 is 11.1. The maximum absolute atomic E-state index is 15.5. The van der Waals surface area contributed by atoms with Crippen LogP contribution in [0, 0.1) is 28.1 Å². The van der Waals surface area contributed by atoms with Crippen LogP contribution in [0.5, 0.6) is 11.5 Å². The van der Waals surface area contributed by atoms with E-state index >= 15 is 9.59 Å². The molecule has 1 aromatic carbocycles. The third-order valence-corrected chi connectivity index (χ3v) is 11.4. The molecule has 4 unspecified atom stereocenters. The summed E-state index contributed by atoms with van der Waals surface area (Å²) in [6.07, 6.45) is 8.98. The lowest BCUT2D eigenvalue weighted by Gasteiger charge is -2.60. The summed E-state index contributed by atoms with van der Waals surface area (Å²) >= 11 is 0. The van der Waals surface area contributed by atoms with Gasteiger partial charge in [0.1, 0.15) is 16.7 Å². The molecule has 2 aliphatic rings. The van der Waals surface area contributed by atoms with Crippen molar-refractivity contribution in [3.63, 3.8) is 0 Å². The zero-order valence-electron chi connectivity index (χ0n) is 34.5. The first kappa shape index (κ1) is 44.1. The van der Waals surface area contributed by atoms with Crippen LogP contribution in [0.25, 0.3) is 0 Å². The van der Waals surface area contributed by atoms with Gasteiger partial charge < -0.3 is 14.6 Å². The van der Waals surface area contributed by atoms with Gasteiger partial charge in [-0.25, -0.2) is 0 Å². The third-order valence-electron chi connectivity index (χ3n) is 11.4. The summed E-state index contributed by atoms with van der Waals surface area (Å²) in [6, 6.07) is 4.02. The molecule has 1 N–H and O–H groups in total. The van der Waals surface area contributed by atoms with Crippen molar-refractivity contribution < 1.29 is 38.6 Å². The van der Waals surface area contributed by atoms with Crippen LogP contribution >= 0.6 is 0 Å². The van der Waals surface area contributed by atoms with Gasteiger partial charge in [0.2, 0.25) is 0 Å². The van der Waals surface area contributed by atoms with Gasteiger partial charge >= 0.3 is 11.9 Å². The molecule has 4 atom stereocenters. The summed E-state index contributed by atoms with van der Waals surface area (Å²) in [6.45, 7) is 25.6. The molecule has 1 saturated carbocycles. The van der Waals surface area contributed by atoms with Gasteiger partial charge in [-0.2, -0.15) is 0 Å². The number of ether oxygens (including phenoxy) is 2. The highest BCUT2D eigenvalue weighted by atomic mass is 16.6. The molecule has 0 heterocycles. The van der Waals surface area contributed by atoms with Gasteiger partial charge in [-0.1, -0.05) is 74.8 Å². The lowest BCUT2D eigenvalue weighted by Crippen LogP contribution is -2.67. The Bertz CT molecular complexity index is 1790. The normalized spacial score (nSPS) is 22.2. The van der Waals surface area contributed by atoms with Crippen molar-refractivity contribution in [2.24, 2.45) is 28.1 Å². The number of fused-ring (bicyclic) bond motifs is 2. The van der Waals surface area contributed by atoms with E-state index in [1.165, 1.54) is 18.2 Å². The maximum Gasteiger partial charge on any atom is 0.311 e. The van der Waals surface area contributed by atoms with E-state index in [0.717, 1.165) is 22.3 Å². The first-order chi connectivity index (χ1) is 25.2. The minimum absolute atomic E-state index is 0.0435. The highest BCUT2D eigenvalue weighted by Gasteiger charge is 2.72. The van der Waals surface area contributed by atoms with Gasteiger partial charge in [0.25, 0.3) is 0 Å². The maximum atomic E-state index is 15.5. The van der Waals surface area contributed by atoms with Crippen LogP contribution < -0.4 is 9.47 Å². The number of benzene rings is 1. The summed E-state index contributed by atoms with van der Waals surface area (Å²) in [7, 11) is 0. The van der Waals surface area contributed by atoms with Gasteiger partial charge in [-0.15, -0.1) is 0 Å². The molecule has 294 valence electrons. The quantitative estimate of drug-likeness (QED) is 0.0418. The molecule has 8 heteroatoms. The second-order valence-electron chi connectivity index (χ2n) is 16.7. The summed E-state index contributed by atoms with van der Waals surface area (Å²) in [5, 5.41) is 12.6. The van der Waals surface area contributed by atoms with Gasteiger partial charge in [0.05, 0.1) is 5.41 Å². The van der Waals surface area contributed by atoms with Crippen LogP contribution in [0.1, 0.15) is 144 Å². The van der Waals surface area contributed by atoms with Crippen LogP contribution in [0.4, 0.5) is 0 Å². The van der Waals surface area contributed by atoms with Gasteiger partial charge in [0, 0.05) is 18.4 Å². The molecule has 54 heavy (non-hydrogen) atoms. The van der Waals surface area contributed by atoms with E-state index in [-0.39, 0.29) is 66.8 Å². The van der Waals surface area contributed by atoms with E-state index in [2.05, 4.69) is 18.7 Å². The number of rotatable bonds is 17. The average molecular weight is 743 g/mol. The number of aliphatic hydroxyl groups excluding tert-OH is 1. The Kier molecular flexibility index (Phi) is 14.6. The monoisotopic (exact) mass is 742 g/mol. The molecular weight excluding hydrogens is 680 g/mol. The topological polar surface area (TPSA) is 124 Å². The van der Waals surface area contributed by atoms with Gasteiger partial charge in [-0.05, 0) is 129 Å². The fraction of sp³-hybridized carbons (Fsp3) is 0.543. The van der Waals surface area contributed by atoms with E-state index in [4.69, 9.17) is 9.47 Å². The second kappa shape index (κ2) is 17.9. The Hall–Kier alpha value is -4.33. The van der Waals surface area contributed by atoms with Gasteiger partial charge in [-0.3, -0.25) is 24.0 Å². The zero-order valence-corrected chi connectivity index (χ0v) is 34.5. The van der Waals surface area contributed by atoms with Crippen molar-refractivity contribution in [1.82, 2.24) is 0 Å². The SMILES string of the molecule is C=C(C)C(CC=C(C)C)CC12CC(CC=C(C)C)C(C)(C)C(CC=C(C)C)(C(=O)C(C(=O)c3ccc(OC(=O)CCC)c(OC(=O)CCC)c3)=C1O)C2=O. The molecule has 2 bridgehead atoms. The van der Waals surface area contributed by atoms with Crippen LogP contribution in [0.3, 0.4) is 0 Å². The van der Waals surface area contributed by atoms with Crippen LogP contribution in [0.15, 0.2) is 76.6 Å². The predicted molar refractivity (Wildman–Crippen MR) is 213 cm³/mol. The molecular formula is C46H62O8. The summed E-state index contributed by atoms with van der Waals surface area (Å²) in [4.78, 5) is 70.9. The Labute approximate surface area is 322 Å². The van der Waals surface area contributed by atoms with Gasteiger partial charge in [0.15, 0.2) is 28.8 Å². The standard InChI is InChI=1S/C46H62O8/c1-13-15-37(47)53-35-22-20-32(25-36(35)54-38(48)16-14-2)40(49)39-41(50)45(26-33(31(9)10)19-17-28(3)4)27-34(21-18-29(5)6)44(11,12)46(42(39)51,43(45)52)24-23-30(7)8/h17-18,20,22-23,25,33-34,50H,9,13-16,19,21,24,26-27H2,1-8,10-12H3. The van der Waals surface area contributed by atoms with Crippen LogP contribution in [-0.4, -0.2) is 34.4 Å². The summed E-state index contributed by atoms with van der Waals surface area (Å²) in [5.74, 6) is -4.14. The zero-order chi connectivity index (χ0) is 40.8. The first-order valence-corrected chi connectivity index (χ1v) is 19.4. The number of carbonyl (C=O) groups excluding carboxylic acids is 5. The Morgan fingerprint density at radius 3 is 1.94 bits per heavy atom. The molecule has 1 fully saturated rings. The number of ketones is 3. The van der Waals surface area contributed by atoms with E-state index in [9.17, 15) is 19.5 Å². The molecule has 0 saturated heterocycles. The number of allylic oxidation sites excluding steroid dienone is 9. The largest absolute Gasteiger partial charge is 0.510 e. The molecule has 3 rings (SSSR count). The van der Waals surface area contributed by atoms with Crippen molar-refractivity contribution >= 4 is 29.3 Å². The molecule has 0 aliphatic heterocycles. The van der Waals surface area contributed by atoms with E-state index in [1.54, 1.807) is 0 Å². The number of Topliss-reactive ketones (excluding diaryl/α,β-unsaturated/α-hetero) is 3. The van der Waals surface area contributed by atoms with Crippen molar-refractivity contribution in [1.29, 1.82) is 0 Å². The third kappa shape index (κ3) is 8.96. The fourth-order valence-electron chi connectivity index (χ4n) is 7.99. The Morgan fingerprint density at radius 1 is 0.870 bits per heavy atom. The van der Waals surface area contributed by atoms with Crippen LogP contribution in [0.2, 0.25) is 0 Å². The molecule has 8 nitrogen and oxygen atoms in total. The van der Waals surface area contributed by atoms with E-state index in [0.29, 0.717) is 25.7 Å². The van der Waals surface area contributed by atoms with Crippen molar-refractivity contribution in [2.45, 2.75) is 134 Å². The smallest absolute Gasteiger partial charge is 0.311 e. The molecule has 2 aliphatic carbocycles. The van der Waals surface area contributed by atoms with Crippen molar-refractivity contribution in [3.8, 4) is 11.5 Å². The van der Waals surface area contributed by atoms with Crippen LogP contribution in [-0.2, 0) is 19.2 Å². The van der Waals surface area contributed by atoms with Crippen molar-refractivity contribution in [2.75, 3.05) is 0 Å². The lowest BCUT2D eigenvalue weighted by atomic mass is 9.39. The molecule has 1 aromatic rings. The van der Waals surface area contributed by atoms with E-state index < -0.39 is 51.1 Å².